The van der Waals surface area contributed by atoms with E-state index < -0.39 is 11.6 Å². The van der Waals surface area contributed by atoms with Gasteiger partial charge in [-0.05, 0) is 51.0 Å². The number of benzene rings is 1. The molecule has 6 rings (SSSR count). The molecule has 8 nitrogen and oxygen atoms in total. The second-order valence-corrected chi connectivity index (χ2v) is 8.62. The van der Waals surface area contributed by atoms with E-state index in [1.807, 2.05) is 19.9 Å². The normalized spacial score (nSPS) is 24.1. The Hall–Kier alpha value is -3.11. The number of methoxy groups -OCH3 is 1. The van der Waals surface area contributed by atoms with Crippen LogP contribution in [0.3, 0.4) is 0 Å². The number of fused-ring (bicyclic) bond motifs is 2. The molecule has 2 amide bonds. The molecule has 4 aliphatic rings. The van der Waals surface area contributed by atoms with E-state index >= 15 is 0 Å². The molecule has 5 heterocycles. The van der Waals surface area contributed by atoms with E-state index in [-0.39, 0.29) is 23.9 Å². The fraction of sp³-hybridized carbons (Fsp3) is 0.480. The third-order valence-electron chi connectivity index (χ3n) is 5.76. The van der Waals surface area contributed by atoms with Gasteiger partial charge in [0, 0.05) is 37.1 Å². The minimum absolute atomic E-state index is 0.0602. The Labute approximate surface area is 203 Å². The van der Waals surface area contributed by atoms with Crippen molar-refractivity contribution in [2.24, 2.45) is 0 Å². The van der Waals surface area contributed by atoms with E-state index in [1.54, 1.807) is 17.2 Å². The maximum Gasteiger partial charge on any atom is 0.253 e. The van der Waals surface area contributed by atoms with Gasteiger partial charge in [0.05, 0.1) is 25.4 Å². The molecule has 2 aromatic rings. The average Bonchev–Trinajstić information content (AvgIpc) is 3.28. The second-order valence-electron chi connectivity index (χ2n) is 8.62. The van der Waals surface area contributed by atoms with Gasteiger partial charge in [0.15, 0.2) is 11.6 Å². The first-order chi connectivity index (χ1) is 16.8. The van der Waals surface area contributed by atoms with Gasteiger partial charge >= 0.3 is 0 Å². The standard InChI is InChI=1S/C12H16N2O2.C7H6F2O.C6H9NO2/c1-8-7-10(5-6-13-8)14-12(15)11-4-3-9(2)16-11;1-10-6-4-2-3-5(8)7(6)9;8-4-7-2-5-1-6(3-7)9-5/h5-7,9,11H,3-4H2,1-2H3,(H,13,14,15);2-4H,1H3;4-6H,1-3H2. The summed E-state index contributed by atoms with van der Waals surface area (Å²) in [6.07, 6.45) is 6.10. The Kier molecular flexibility index (Phi) is 9.50. The number of rotatable bonds is 4. The van der Waals surface area contributed by atoms with E-state index in [2.05, 4.69) is 15.0 Å². The zero-order valence-corrected chi connectivity index (χ0v) is 20.1. The number of nitrogens with zero attached hydrogens (tertiary/aromatic N) is 2. The van der Waals surface area contributed by atoms with Crippen LogP contribution in [0.2, 0.25) is 0 Å². The number of halogens is 2. The molecule has 4 fully saturated rings. The highest BCUT2D eigenvalue weighted by molar-refractivity contribution is 5.94. The zero-order valence-electron chi connectivity index (χ0n) is 20.1. The van der Waals surface area contributed by atoms with Gasteiger partial charge in [-0.15, -0.1) is 0 Å². The number of aryl methyl sites for hydroxylation is 1. The van der Waals surface area contributed by atoms with Gasteiger partial charge in [-0.25, -0.2) is 4.39 Å². The van der Waals surface area contributed by atoms with Gasteiger partial charge in [0.1, 0.15) is 6.10 Å². The lowest BCUT2D eigenvalue weighted by Gasteiger charge is -2.45. The fourth-order valence-corrected chi connectivity index (χ4v) is 3.96. The van der Waals surface area contributed by atoms with Crippen molar-refractivity contribution in [3.63, 3.8) is 0 Å². The van der Waals surface area contributed by atoms with E-state index in [0.717, 1.165) is 56.2 Å². The smallest absolute Gasteiger partial charge is 0.253 e. The van der Waals surface area contributed by atoms with Crippen LogP contribution in [0, 0.1) is 18.6 Å². The maximum absolute atomic E-state index is 12.5. The van der Waals surface area contributed by atoms with Crippen LogP contribution in [-0.2, 0) is 19.1 Å². The molecule has 4 saturated heterocycles. The van der Waals surface area contributed by atoms with Crippen molar-refractivity contribution in [1.29, 1.82) is 0 Å². The zero-order chi connectivity index (χ0) is 25.4. The fourth-order valence-electron chi connectivity index (χ4n) is 3.96. The highest BCUT2D eigenvalue weighted by atomic mass is 19.2. The molecule has 1 aromatic heterocycles. The van der Waals surface area contributed by atoms with Gasteiger partial charge in [0.2, 0.25) is 12.2 Å². The number of amides is 2. The molecule has 4 aliphatic heterocycles. The number of aromatic nitrogens is 1. The lowest BCUT2D eigenvalue weighted by atomic mass is 10.00. The van der Waals surface area contributed by atoms with Crippen LogP contribution in [0.15, 0.2) is 36.5 Å². The SMILES string of the molecule is COc1cccc(F)c1F.Cc1cc(NC(=O)C2CCC(C)O2)ccn1.O=CN1CC2CC(C1)O2. The van der Waals surface area contributed by atoms with Crippen molar-refractivity contribution in [2.45, 2.75) is 57.5 Å². The van der Waals surface area contributed by atoms with Gasteiger partial charge in [-0.3, -0.25) is 14.6 Å². The third kappa shape index (κ3) is 7.69. The molecular formula is C25H31F2N3O5. The molecule has 0 radical (unpaired) electrons. The minimum atomic E-state index is -0.940. The first kappa shape index (κ1) is 26.5. The summed E-state index contributed by atoms with van der Waals surface area (Å²) in [7, 11) is 1.29. The van der Waals surface area contributed by atoms with Crippen LogP contribution in [0.4, 0.5) is 14.5 Å². The number of hydrogen-bond donors (Lipinski definition) is 1. The number of hydrogen-bond acceptors (Lipinski definition) is 6. The summed E-state index contributed by atoms with van der Waals surface area (Å²) in [4.78, 5) is 27.9. The molecule has 190 valence electrons. The van der Waals surface area contributed by atoms with E-state index in [1.165, 1.54) is 19.2 Å². The monoisotopic (exact) mass is 491 g/mol. The summed E-state index contributed by atoms with van der Waals surface area (Å²) in [6, 6.07) is 7.41. The van der Waals surface area contributed by atoms with Gasteiger partial charge in [-0.1, -0.05) is 6.07 Å². The lowest BCUT2D eigenvalue weighted by Crippen LogP contribution is -2.56. The predicted octanol–water partition coefficient (Wildman–Crippen LogP) is 3.49. The Balaban J connectivity index is 0.000000155. The highest BCUT2D eigenvalue weighted by Gasteiger charge is 2.37. The number of piperidine rings is 1. The number of pyridine rings is 1. The van der Waals surface area contributed by atoms with Gasteiger partial charge in [-0.2, -0.15) is 4.39 Å². The van der Waals surface area contributed by atoms with E-state index in [0.29, 0.717) is 12.2 Å². The first-order valence-corrected chi connectivity index (χ1v) is 11.5. The number of nitrogens with one attached hydrogen (secondary N) is 1. The summed E-state index contributed by atoms with van der Waals surface area (Å²) in [5.41, 5.74) is 1.67. The number of carbonyl (C=O) groups excluding carboxylic acids is 2. The Morgan fingerprint density at radius 3 is 2.43 bits per heavy atom. The van der Waals surface area contributed by atoms with Crippen molar-refractivity contribution in [3.8, 4) is 5.75 Å². The molecule has 4 atom stereocenters. The van der Waals surface area contributed by atoms with Crippen LogP contribution >= 0.6 is 0 Å². The quantitative estimate of drug-likeness (QED) is 0.659. The largest absolute Gasteiger partial charge is 0.494 e. The Bertz CT molecular complexity index is 993. The van der Waals surface area contributed by atoms with E-state index in [9.17, 15) is 18.4 Å². The topological polar surface area (TPSA) is 90.0 Å². The van der Waals surface area contributed by atoms with Crippen molar-refractivity contribution in [1.82, 2.24) is 9.88 Å². The molecule has 1 aromatic carbocycles. The summed E-state index contributed by atoms with van der Waals surface area (Å²) in [6.45, 7) is 5.49. The molecule has 0 aliphatic carbocycles. The van der Waals surface area contributed by atoms with Crippen molar-refractivity contribution in [2.75, 3.05) is 25.5 Å². The van der Waals surface area contributed by atoms with Crippen molar-refractivity contribution < 1.29 is 32.6 Å². The van der Waals surface area contributed by atoms with Crippen LogP contribution in [0.25, 0.3) is 0 Å². The maximum atomic E-state index is 12.5. The number of carbonyl (C=O) groups is 2. The molecule has 0 spiro atoms. The second kappa shape index (κ2) is 12.6. The molecule has 0 saturated carbocycles. The highest BCUT2D eigenvalue weighted by Crippen LogP contribution is 2.26. The summed E-state index contributed by atoms with van der Waals surface area (Å²) in [5, 5.41) is 2.84. The number of ether oxygens (including phenoxy) is 3. The Morgan fingerprint density at radius 1 is 1.20 bits per heavy atom. The van der Waals surface area contributed by atoms with Gasteiger partial charge in [0.25, 0.3) is 5.91 Å². The van der Waals surface area contributed by atoms with Crippen LogP contribution < -0.4 is 10.1 Å². The minimum Gasteiger partial charge on any atom is -0.494 e. The van der Waals surface area contributed by atoms with Crippen LogP contribution in [-0.4, -0.2) is 66.8 Å². The number of morpholine rings is 1. The molecule has 35 heavy (non-hydrogen) atoms. The van der Waals surface area contributed by atoms with Crippen molar-refractivity contribution in [3.05, 3.63) is 53.9 Å². The lowest BCUT2D eigenvalue weighted by molar-refractivity contribution is -0.181. The van der Waals surface area contributed by atoms with Crippen LogP contribution in [0.1, 0.15) is 31.9 Å². The predicted molar refractivity (Wildman–Crippen MR) is 125 cm³/mol. The van der Waals surface area contributed by atoms with E-state index in [4.69, 9.17) is 9.47 Å². The molecular weight excluding hydrogens is 460 g/mol. The summed E-state index contributed by atoms with van der Waals surface area (Å²) in [5.74, 6) is -1.96. The average molecular weight is 492 g/mol. The molecule has 1 N–H and O–H groups in total. The molecule has 10 heteroatoms. The summed E-state index contributed by atoms with van der Waals surface area (Å²) >= 11 is 0. The third-order valence-corrected chi connectivity index (χ3v) is 5.76. The molecule has 2 bridgehead atoms. The summed E-state index contributed by atoms with van der Waals surface area (Å²) < 4.78 is 40.1. The van der Waals surface area contributed by atoms with Gasteiger partial charge < -0.3 is 24.4 Å². The van der Waals surface area contributed by atoms with Crippen molar-refractivity contribution >= 4 is 18.0 Å². The first-order valence-electron chi connectivity index (χ1n) is 11.5. The Morgan fingerprint density at radius 2 is 1.91 bits per heavy atom. The molecule has 4 unspecified atom stereocenters. The van der Waals surface area contributed by atoms with Crippen LogP contribution in [0.5, 0.6) is 5.75 Å². The number of anilines is 1.